The van der Waals surface area contributed by atoms with Crippen LogP contribution in [0.2, 0.25) is 5.02 Å². The Labute approximate surface area is 111 Å². The van der Waals surface area contributed by atoms with Crippen LogP contribution >= 0.6 is 11.6 Å². The minimum absolute atomic E-state index is 0.0416. The van der Waals surface area contributed by atoms with Gasteiger partial charge in [-0.3, -0.25) is 4.79 Å². The Kier molecular flexibility index (Phi) is 5.58. The molecule has 6 nitrogen and oxygen atoms in total. The highest BCUT2D eigenvalue weighted by Gasteiger charge is 2.11. The summed E-state index contributed by atoms with van der Waals surface area (Å²) in [7, 11) is 3.84. The molecule has 0 fully saturated rings. The van der Waals surface area contributed by atoms with Gasteiger partial charge >= 0.3 is 0 Å². The second-order valence-electron chi connectivity index (χ2n) is 4.43. The molecule has 0 spiro atoms. The molecule has 7 heteroatoms. The quantitative estimate of drug-likeness (QED) is 0.778. The lowest BCUT2D eigenvalue weighted by atomic mass is 10.3. The smallest absolute Gasteiger partial charge is 0.287 e. The standard InChI is InChI=1S/C11H19ClN4O2/c1-8(7-17)14-9-6-13-16(5-4-15(2)3)11(18)10(9)12/h6,8,14,17H,4-5,7H2,1-3H3. The molecule has 0 saturated carbocycles. The average molecular weight is 275 g/mol. The summed E-state index contributed by atoms with van der Waals surface area (Å²) < 4.78 is 1.33. The van der Waals surface area contributed by atoms with Gasteiger partial charge in [0.25, 0.3) is 5.56 Å². The number of rotatable bonds is 6. The normalized spacial score (nSPS) is 12.8. The highest BCUT2D eigenvalue weighted by molar-refractivity contribution is 6.32. The molecule has 0 amide bonds. The molecule has 0 aliphatic heterocycles. The zero-order valence-electron chi connectivity index (χ0n) is 10.9. The van der Waals surface area contributed by atoms with E-state index >= 15 is 0 Å². The van der Waals surface area contributed by atoms with Gasteiger partial charge in [0.05, 0.1) is 25.0 Å². The average Bonchev–Trinajstić information content (AvgIpc) is 2.33. The lowest BCUT2D eigenvalue weighted by Crippen LogP contribution is -2.30. The number of anilines is 1. The van der Waals surface area contributed by atoms with Crippen LogP contribution in [0.15, 0.2) is 11.0 Å². The third kappa shape index (κ3) is 3.97. The topological polar surface area (TPSA) is 70.4 Å². The summed E-state index contributed by atoms with van der Waals surface area (Å²) in [5.41, 5.74) is 0.123. The van der Waals surface area contributed by atoms with E-state index in [4.69, 9.17) is 16.7 Å². The van der Waals surface area contributed by atoms with Crippen LogP contribution in [0.3, 0.4) is 0 Å². The van der Waals surface area contributed by atoms with Gasteiger partial charge in [-0.2, -0.15) is 5.10 Å². The third-order valence-corrected chi connectivity index (χ3v) is 2.78. The summed E-state index contributed by atoms with van der Waals surface area (Å²) in [5.74, 6) is 0. The van der Waals surface area contributed by atoms with Gasteiger partial charge in [0, 0.05) is 12.6 Å². The molecule has 2 N–H and O–H groups in total. The number of aliphatic hydroxyl groups excluding tert-OH is 1. The van der Waals surface area contributed by atoms with Crippen LogP contribution in [0.25, 0.3) is 0 Å². The zero-order chi connectivity index (χ0) is 13.7. The second kappa shape index (κ2) is 6.72. The predicted molar refractivity (Wildman–Crippen MR) is 72.2 cm³/mol. The van der Waals surface area contributed by atoms with Crippen molar-refractivity contribution in [3.63, 3.8) is 0 Å². The van der Waals surface area contributed by atoms with Crippen molar-refractivity contribution in [3.05, 3.63) is 21.6 Å². The van der Waals surface area contributed by atoms with E-state index in [1.165, 1.54) is 10.9 Å². The van der Waals surface area contributed by atoms with E-state index in [0.717, 1.165) is 0 Å². The fourth-order valence-corrected chi connectivity index (χ4v) is 1.53. The van der Waals surface area contributed by atoms with Crippen molar-refractivity contribution >= 4 is 17.3 Å². The van der Waals surface area contributed by atoms with E-state index in [9.17, 15) is 4.79 Å². The van der Waals surface area contributed by atoms with Crippen molar-refractivity contribution in [2.24, 2.45) is 0 Å². The van der Waals surface area contributed by atoms with Gasteiger partial charge in [-0.1, -0.05) is 11.6 Å². The van der Waals surface area contributed by atoms with Crippen molar-refractivity contribution in [3.8, 4) is 0 Å². The van der Waals surface area contributed by atoms with E-state index < -0.39 is 0 Å². The molecule has 1 aromatic heterocycles. The Morgan fingerprint density at radius 1 is 1.61 bits per heavy atom. The van der Waals surface area contributed by atoms with Crippen molar-refractivity contribution in [1.82, 2.24) is 14.7 Å². The van der Waals surface area contributed by atoms with E-state index in [-0.39, 0.29) is 23.2 Å². The van der Waals surface area contributed by atoms with Gasteiger partial charge < -0.3 is 15.3 Å². The largest absolute Gasteiger partial charge is 0.394 e. The number of halogens is 1. The Morgan fingerprint density at radius 2 is 2.28 bits per heavy atom. The van der Waals surface area contributed by atoms with Gasteiger partial charge in [0.15, 0.2) is 0 Å². The van der Waals surface area contributed by atoms with E-state index in [0.29, 0.717) is 18.8 Å². The van der Waals surface area contributed by atoms with Gasteiger partial charge in [0.1, 0.15) is 5.02 Å². The van der Waals surface area contributed by atoms with Gasteiger partial charge in [0.2, 0.25) is 0 Å². The number of nitrogens with one attached hydrogen (secondary N) is 1. The van der Waals surface area contributed by atoms with Crippen molar-refractivity contribution in [1.29, 1.82) is 0 Å². The Hall–Kier alpha value is -1.11. The molecule has 18 heavy (non-hydrogen) atoms. The van der Waals surface area contributed by atoms with Gasteiger partial charge in [-0.15, -0.1) is 0 Å². The molecule has 0 radical (unpaired) electrons. The molecule has 0 saturated heterocycles. The summed E-state index contributed by atoms with van der Waals surface area (Å²) in [4.78, 5) is 13.9. The summed E-state index contributed by atoms with van der Waals surface area (Å²) in [5, 5.41) is 16.0. The maximum atomic E-state index is 11.9. The van der Waals surface area contributed by atoms with E-state index in [1.807, 2.05) is 19.0 Å². The third-order valence-electron chi connectivity index (χ3n) is 2.42. The summed E-state index contributed by atoms with van der Waals surface area (Å²) in [6.07, 6.45) is 1.51. The zero-order valence-corrected chi connectivity index (χ0v) is 11.6. The summed E-state index contributed by atoms with van der Waals surface area (Å²) in [6, 6.07) is -0.179. The van der Waals surface area contributed by atoms with Crippen LogP contribution in [-0.4, -0.2) is 53.1 Å². The molecule has 1 rings (SSSR count). The first-order valence-corrected chi connectivity index (χ1v) is 6.11. The van der Waals surface area contributed by atoms with Crippen LogP contribution < -0.4 is 10.9 Å². The highest BCUT2D eigenvalue weighted by atomic mass is 35.5. The molecule has 0 bridgehead atoms. The van der Waals surface area contributed by atoms with E-state index in [1.54, 1.807) is 6.92 Å². The molecular formula is C11H19ClN4O2. The summed E-state index contributed by atoms with van der Waals surface area (Å²) >= 11 is 5.98. The van der Waals surface area contributed by atoms with Crippen LogP contribution in [0.5, 0.6) is 0 Å². The first-order valence-electron chi connectivity index (χ1n) is 5.73. The minimum Gasteiger partial charge on any atom is -0.394 e. The van der Waals surface area contributed by atoms with Crippen LogP contribution in [0.1, 0.15) is 6.92 Å². The van der Waals surface area contributed by atoms with Crippen LogP contribution in [-0.2, 0) is 6.54 Å². The number of aromatic nitrogens is 2. The maximum absolute atomic E-state index is 11.9. The highest BCUT2D eigenvalue weighted by Crippen LogP contribution is 2.15. The molecule has 0 aromatic carbocycles. The Morgan fingerprint density at radius 3 is 2.83 bits per heavy atom. The van der Waals surface area contributed by atoms with E-state index in [2.05, 4.69) is 10.4 Å². The number of hydrogen-bond donors (Lipinski definition) is 2. The van der Waals surface area contributed by atoms with Crippen LogP contribution in [0, 0.1) is 0 Å². The number of nitrogens with zero attached hydrogens (tertiary/aromatic N) is 3. The summed E-state index contributed by atoms with van der Waals surface area (Å²) in [6.45, 7) is 2.94. The molecule has 1 atom stereocenters. The molecular weight excluding hydrogens is 256 g/mol. The maximum Gasteiger partial charge on any atom is 0.287 e. The van der Waals surface area contributed by atoms with Crippen molar-refractivity contribution < 1.29 is 5.11 Å². The monoisotopic (exact) mass is 274 g/mol. The van der Waals surface area contributed by atoms with Gasteiger partial charge in [-0.25, -0.2) is 4.68 Å². The van der Waals surface area contributed by atoms with Crippen molar-refractivity contribution in [2.75, 3.05) is 32.6 Å². The molecule has 1 heterocycles. The number of hydrogen-bond acceptors (Lipinski definition) is 5. The first kappa shape index (κ1) is 14.9. The lowest BCUT2D eigenvalue weighted by Gasteiger charge is -2.15. The lowest BCUT2D eigenvalue weighted by molar-refractivity contribution is 0.281. The second-order valence-corrected chi connectivity index (χ2v) is 4.81. The van der Waals surface area contributed by atoms with Crippen LogP contribution in [0.4, 0.5) is 5.69 Å². The minimum atomic E-state index is -0.325. The molecule has 102 valence electrons. The fraction of sp³-hybridized carbons (Fsp3) is 0.636. The molecule has 0 aliphatic carbocycles. The number of aliphatic hydroxyl groups is 1. The Bertz CT molecular complexity index is 447. The van der Waals surface area contributed by atoms with Gasteiger partial charge in [-0.05, 0) is 21.0 Å². The molecule has 0 aliphatic rings. The Balaban J connectivity index is 2.88. The number of likely N-dealkylation sites (N-methyl/N-ethyl adjacent to an activating group) is 1. The predicted octanol–water partition coefficient (Wildman–Crippen LogP) is 0.251. The molecule has 1 aromatic rings. The molecule has 1 unspecified atom stereocenters. The van der Waals surface area contributed by atoms with Crippen molar-refractivity contribution in [2.45, 2.75) is 19.5 Å². The SMILES string of the molecule is CC(CO)Nc1cnn(CCN(C)C)c(=O)c1Cl. The first-order chi connectivity index (χ1) is 8.45. The fourth-order valence-electron chi connectivity index (χ4n) is 1.33.